The molecule has 1 amide bonds. The van der Waals surface area contributed by atoms with Crippen LogP contribution in [0.4, 0.5) is 0 Å². The second kappa shape index (κ2) is 5.81. The topological polar surface area (TPSA) is 46.3 Å². The van der Waals surface area contributed by atoms with E-state index in [0.717, 1.165) is 13.0 Å². The van der Waals surface area contributed by atoms with Crippen molar-refractivity contribution in [3.05, 3.63) is 11.6 Å². The van der Waals surface area contributed by atoms with E-state index in [1.807, 2.05) is 6.08 Å². The van der Waals surface area contributed by atoms with Gasteiger partial charge in [0.15, 0.2) is 0 Å². The smallest absolute Gasteiger partial charge is 0.244 e. The third kappa shape index (κ3) is 3.92. The second-order valence-electron chi connectivity index (χ2n) is 3.94. The molecule has 0 spiro atoms. The Morgan fingerprint density at radius 2 is 2.00 bits per heavy atom. The number of nitrogens with zero attached hydrogens (tertiary/aromatic N) is 1. The summed E-state index contributed by atoms with van der Waals surface area (Å²) >= 11 is 0. The second-order valence-corrected chi connectivity index (χ2v) is 3.94. The first-order chi connectivity index (χ1) is 6.70. The average Bonchev–Trinajstić information content (AvgIpc) is 2.19. The zero-order valence-corrected chi connectivity index (χ0v) is 8.96. The van der Waals surface area contributed by atoms with Crippen LogP contribution in [0.3, 0.4) is 0 Å². The van der Waals surface area contributed by atoms with E-state index in [0.29, 0.717) is 5.57 Å². The predicted molar refractivity (Wildman–Crippen MR) is 57.9 cm³/mol. The molecule has 0 unspecified atom stereocenters. The third-order valence-corrected chi connectivity index (χ3v) is 2.73. The number of primary amides is 1. The van der Waals surface area contributed by atoms with Gasteiger partial charge in [0.2, 0.25) is 5.91 Å². The highest BCUT2D eigenvalue weighted by molar-refractivity contribution is 5.91. The SMILES string of the molecule is CC(=CCCN1CCCCC1)C(N)=O. The van der Waals surface area contributed by atoms with Crippen molar-refractivity contribution in [1.29, 1.82) is 0 Å². The molecule has 3 heteroatoms. The number of rotatable bonds is 4. The maximum Gasteiger partial charge on any atom is 0.244 e. The van der Waals surface area contributed by atoms with Crippen LogP contribution in [-0.2, 0) is 4.79 Å². The number of hydrogen-bond donors (Lipinski definition) is 1. The summed E-state index contributed by atoms with van der Waals surface area (Å²) in [6.07, 6.45) is 6.88. The fraction of sp³-hybridized carbons (Fsp3) is 0.727. The molecule has 0 radical (unpaired) electrons. The number of nitrogens with two attached hydrogens (primary N) is 1. The predicted octanol–water partition coefficient (Wildman–Crippen LogP) is 1.29. The molecule has 0 aliphatic carbocycles. The van der Waals surface area contributed by atoms with Gasteiger partial charge in [-0.05, 0) is 39.3 Å². The molecule has 1 heterocycles. The van der Waals surface area contributed by atoms with Crippen molar-refractivity contribution in [3.8, 4) is 0 Å². The van der Waals surface area contributed by atoms with Crippen LogP contribution in [0, 0.1) is 0 Å². The number of hydrogen-bond acceptors (Lipinski definition) is 2. The van der Waals surface area contributed by atoms with Gasteiger partial charge in [-0.15, -0.1) is 0 Å². The summed E-state index contributed by atoms with van der Waals surface area (Å²) in [6.45, 7) is 5.26. The molecule has 1 aliphatic rings. The first-order valence-electron chi connectivity index (χ1n) is 5.39. The lowest BCUT2D eigenvalue weighted by molar-refractivity contribution is -0.114. The Bertz CT molecular complexity index is 217. The van der Waals surface area contributed by atoms with Crippen molar-refractivity contribution in [2.24, 2.45) is 5.73 Å². The number of likely N-dealkylation sites (tertiary alicyclic amines) is 1. The standard InChI is InChI=1S/C11H20N2O/c1-10(11(12)14)6-5-9-13-7-3-2-4-8-13/h6H,2-5,7-9H2,1H3,(H2,12,14). The van der Waals surface area contributed by atoms with Crippen molar-refractivity contribution < 1.29 is 4.79 Å². The van der Waals surface area contributed by atoms with Crippen molar-refractivity contribution in [2.45, 2.75) is 32.6 Å². The van der Waals surface area contributed by atoms with E-state index in [1.165, 1.54) is 32.4 Å². The summed E-state index contributed by atoms with van der Waals surface area (Å²) in [4.78, 5) is 13.2. The summed E-state index contributed by atoms with van der Waals surface area (Å²) in [5.74, 6) is -0.302. The van der Waals surface area contributed by atoms with Crippen LogP contribution in [0.5, 0.6) is 0 Å². The molecule has 0 aromatic carbocycles. The van der Waals surface area contributed by atoms with Gasteiger partial charge in [-0.2, -0.15) is 0 Å². The van der Waals surface area contributed by atoms with Gasteiger partial charge >= 0.3 is 0 Å². The zero-order chi connectivity index (χ0) is 10.4. The maximum atomic E-state index is 10.7. The summed E-state index contributed by atoms with van der Waals surface area (Å²) in [7, 11) is 0. The van der Waals surface area contributed by atoms with Crippen LogP contribution < -0.4 is 5.73 Å². The first-order valence-corrected chi connectivity index (χ1v) is 5.39. The van der Waals surface area contributed by atoms with E-state index in [9.17, 15) is 4.79 Å². The highest BCUT2D eigenvalue weighted by Gasteiger charge is 2.08. The van der Waals surface area contributed by atoms with E-state index in [2.05, 4.69) is 4.90 Å². The molecule has 0 bridgehead atoms. The van der Waals surface area contributed by atoms with Gasteiger partial charge in [-0.3, -0.25) is 4.79 Å². The zero-order valence-electron chi connectivity index (χ0n) is 8.96. The van der Waals surface area contributed by atoms with Gasteiger partial charge in [-0.25, -0.2) is 0 Å². The van der Waals surface area contributed by atoms with Crippen LogP contribution in [0.2, 0.25) is 0 Å². The first kappa shape index (κ1) is 11.2. The number of carbonyl (C=O) groups is 1. The quantitative estimate of drug-likeness (QED) is 0.689. The molecule has 0 saturated carbocycles. The summed E-state index contributed by atoms with van der Waals surface area (Å²) in [6, 6.07) is 0. The van der Waals surface area contributed by atoms with Gasteiger partial charge in [-0.1, -0.05) is 12.5 Å². The van der Waals surface area contributed by atoms with Crippen molar-refractivity contribution in [1.82, 2.24) is 4.90 Å². The molecule has 14 heavy (non-hydrogen) atoms. The lowest BCUT2D eigenvalue weighted by Gasteiger charge is -2.25. The largest absolute Gasteiger partial charge is 0.366 e. The van der Waals surface area contributed by atoms with Crippen LogP contribution in [0.15, 0.2) is 11.6 Å². The summed E-state index contributed by atoms with van der Waals surface area (Å²) in [5, 5.41) is 0. The number of amides is 1. The van der Waals surface area contributed by atoms with Crippen LogP contribution >= 0.6 is 0 Å². The molecule has 1 aliphatic heterocycles. The van der Waals surface area contributed by atoms with Crippen LogP contribution in [-0.4, -0.2) is 30.4 Å². The molecular weight excluding hydrogens is 176 g/mol. The monoisotopic (exact) mass is 196 g/mol. The summed E-state index contributed by atoms with van der Waals surface area (Å²) < 4.78 is 0. The van der Waals surface area contributed by atoms with Crippen molar-refractivity contribution in [3.63, 3.8) is 0 Å². The molecule has 1 fully saturated rings. The Morgan fingerprint density at radius 3 is 2.57 bits per heavy atom. The minimum absolute atomic E-state index is 0.302. The molecule has 0 aromatic heterocycles. The van der Waals surface area contributed by atoms with Gasteiger partial charge in [0, 0.05) is 12.1 Å². The van der Waals surface area contributed by atoms with Gasteiger partial charge in [0.25, 0.3) is 0 Å². The Morgan fingerprint density at radius 1 is 1.36 bits per heavy atom. The molecule has 0 atom stereocenters. The Balaban J connectivity index is 2.19. The fourth-order valence-corrected chi connectivity index (χ4v) is 1.75. The van der Waals surface area contributed by atoms with E-state index >= 15 is 0 Å². The van der Waals surface area contributed by atoms with Gasteiger partial charge in [0.1, 0.15) is 0 Å². The molecule has 80 valence electrons. The minimum Gasteiger partial charge on any atom is -0.366 e. The highest BCUT2D eigenvalue weighted by atomic mass is 16.1. The molecular formula is C11H20N2O. The lowest BCUT2D eigenvalue weighted by atomic mass is 10.1. The Labute approximate surface area is 86.0 Å². The van der Waals surface area contributed by atoms with E-state index in [-0.39, 0.29) is 5.91 Å². The molecule has 2 N–H and O–H groups in total. The van der Waals surface area contributed by atoms with E-state index < -0.39 is 0 Å². The average molecular weight is 196 g/mol. The van der Waals surface area contributed by atoms with Crippen molar-refractivity contribution in [2.75, 3.05) is 19.6 Å². The normalized spacial score (nSPS) is 19.6. The molecule has 1 rings (SSSR count). The molecule has 3 nitrogen and oxygen atoms in total. The number of carbonyl (C=O) groups excluding carboxylic acids is 1. The lowest BCUT2D eigenvalue weighted by Crippen LogP contribution is -2.30. The highest BCUT2D eigenvalue weighted by Crippen LogP contribution is 2.09. The fourth-order valence-electron chi connectivity index (χ4n) is 1.75. The van der Waals surface area contributed by atoms with E-state index in [4.69, 9.17) is 5.73 Å². The van der Waals surface area contributed by atoms with Gasteiger partial charge in [0.05, 0.1) is 0 Å². The maximum absolute atomic E-state index is 10.7. The molecule has 0 aromatic rings. The van der Waals surface area contributed by atoms with E-state index in [1.54, 1.807) is 6.92 Å². The summed E-state index contributed by atoms with van der Waals surface area (Å²) in [5.41, 5.74) is 5.82. The van der Waals surface area contributed by atoms with Crippen LogP contribution in [0.1, 0.15) is 32.6 Å². The Hall–Kier alpha value is -0.830. The third-order valence-electron chi connectivity index (χ3n) is 2.73. The number of piperidine rings is 1. The minimum atomic E-state index is -0.302. The molecule has 1 saturated heterocycles. The van der Waals surface area contributed by atoms with Crippen molar-refractivity contribution >= 4 is 5.91 Å². The van der Waals surface area contributed by atoms with Gasteiger partial charge < -0.3 is 10.6 Å². The van der Waals surface area contributed by atoms with Crippen LogP contribution in [0.25, 0.3) is 0 Å². The Kier molecular flexibility index (Phi) is 4.66.